The van der Waals surface area contributed by atoms with Crippen LogP contribution in [0.3, 0.4) is 0 Å². The molecular weight excluding hydrogens is 838 g/mol. The Bertz CT molecular complexity index is 2930. The summed E-state index contributed by atoms with van der Waals surface area (Å²) < 4.78 is 112. The Morgan fingerprint density at radius 2 is 1.00 bits per heavy atom. The third-order valence-electron chi connectivity index (χ3n) is 8.05. The zero-order valence-electron chi connectivity index (χ0n) is 30.7. The van der Waals surface area contributed by atoms with Crippen molar-refractivity contribution in [3.05, 3.63) is 91.0 Å². The summed E-state index contributed by atoms with van der Waals surface area (Å²) >= 11 is 0. The average molecular weight is 864 g/mol. The molecule has 57 heavy (non-hydrogen) atoms. The molecule has 0 bridgehead atoms. The summed E-state index contributed by atoms with van der Waals surface area (Å²) in [7, 11) is -11.7. The number of phenols is 2. The SMILES string of the molecule is COc1cc(-c2ccc(N=Nc3c(S(=O)(=O)O)cc4cc(S(=O)(=O)O)ccc4c3O)c(OC)c2)ccc1N=Nc1cc(S(=O)(=O)O)c2ccccc2c1O.[Na].[Na].[Na]. The molecule has 0 fully saturated rings. The molecule has 6 aromatic rings. The van der Waals surface area contributed by atoms with E-state index in [9.17, 15) is 49.1 Å². The fourth-order valence-corrected chi connectivity index (χ4v) is 7.37. The second-order valence-electron chi connectivity index (χ2n) is 11.3. The number of aromatic hydroxyl groups is 2. The molecule has 17 nitrogen and oxygen atoms in total. The zero-order chi connectivity index (χ0) is 39.2. The maximum atomic E-state index is 12.3. The van der Waals surface area contributed by atoms with Crippen LogP contribution in [-0.4, -0.2) is 152 Å². The van der Waals surface area contributed by atoms with Crippen molar-refractivity contribution in [3.63, 3.8) is 0 Å². The van der Waals surface area contributed by atoms with Crippen LogP contribution in [0.25, 0.3) is 32.7 Å². The van der Waals surface area contributed by atoms with Gasteiger partial charge in [-0.2, -0.15) is 25.3 Å². The molecule has 23 heteroatoms. The van der Waals surface area contributed by atoms with Crippen molar-refractivity contribution in [2.24, 2.45) is 20.5 Å². The van der Waals surface area contributed by atoms with Crippen LogP contribution in [0.15, 0.2) is 126 Å². The van der Waals surface area contributed by atoms with E-state index in [0.717, 1.165) is 30.3 Å². The largest absolute Gasteiger partial charge is 0.505 e. The smallest absolute Gasteiger partial charge is 0.296 e. The molecule has 0 spiro atoms. The molecule has 5 N–H and O–H groups in total. The second-order valence-corrected chi connectivity index (χ2v) is 15.5. The van der Waals surface area contributed by atoms with Gasteiger partial charge in [0.1, 0.15) is 44.0 Å². The summed E-state index contributed by atoms with van der Waals surface area (Å²) in [6.45, 7) is 0. The minimum absolute atomic E-state index is 0. The average Bonchev–Trinajstić information content (AvgIpc) is 3.12. The van der Waals surface area contributed by atoms with Gasteiger partial charge in [-0.05, 0) is 71.1 Å². The minimum Gasteiger partial charge on any atom is -0.505 e. The number of methoxy groups -OCH3 is 2. The predicted molar refractivity (Wildman–Crippen MR) is 211 cm³/mol. The van der Waals surface area contributed by atoms with Gasteiger partial charge in [-0.3, -0.25) is 13.7 Å². The van der Waals surface area contributed by atoms with Crippen molar-refractivity contribution < 1.29 is 58.6 Å². The van der Waals surface area contributed by atoms with Gasteiger partial charge in [0.25, 0.3) is 30.4 Å². The first-order valence-electron chi connectivity index (χ1n) is 15.1. The number of nitrogens with zero attached hydrogens (tertiary/aromatic N) is 4. The summed E-state index contributed by atoms with van der Waals surface area (Å²) in [6, 6.07) is 20.3. The third-order valence-corrected chi connectivity index (χ3v) is 10.7. The third kappa shape index (κ3) is 10.4. The van der Waals surface area contributed by atoms with E-state index in [4.69, 9.17) is 9.47 Å². The normalized spacial score (nSPS) is 11.9. The van der Waals surface area contributed by atoms with Crippen molar-refractivity contribution in [3.8, 4) is 34.1 Å². The Hall–Kier alpha value is -3.03. The molecule has 0 aliphatic carbocycles. The van der Waals surface area contributed by atoms with E-state index >= 15 is 0 Å². The predicted octanol–water partition coefficient (Wildman–Crippen LogP) is 6.52. The van der Waals surface area contributed by atoms with E-state index in [1.165, 1.54) is 38.5 Å². The molecule has 0 aliphatic rings. The molecule has 0 saturated heterocycles. The van der Waals surface area contributed by atoms with Gasteiger partial charge in [-0.25, -0.2) is 0 Å². The molecule has 6 aromatic carbocycles. The van der Waals surface area contributed by atoms with Crippen molar-refractivity contribution in [2.75, 3.05) is 14.2 Å². The number of benzene rings is 6. The summed E-state index contributed by atoms with van der Waals surface area (Å²) in [5, 5.41) is 37.8. The number of phenolic OH excluding ortho intramolecular Hbond substituents is 2. The zero-order valence-corrected chi connectivity index (χ0v) is 39.1. The Balaban J connectivity index is 0.00000290. The molecule has 0 amide bonds. The van der Waals surface area contributed by atoms with Crippen LogP contribution < -0.4 is 9.47 Å². The molecule has 0 heterocycles. The van der Waals surface area contributed by atoms with Gasteiger partial charge in [0.05, 0.1) is 19.1 Å². The molecule has 0 atom stereocenters. The van der Waals surface area contributed by atoms with Gasteiger partial charge in [0.2, 0.25) is 0 Å². The first-order valence-corrected chi connectivity index (χ1v) is 19.4. The number of ether oxygens (including phenoxy) is 2. The Kier molecular flexibility index (Phi) is 16.0. The Labute approximate surface area is 392 Å². The first-order chi connectivity index (χ1) is 25.4. The number of hydrogen-bond donors (Lipinski definition) is 5. The molecular formula is C34H26N4Na3O13S3. The molecule has 0 aromatic heterocycles. The van der Waals surface area contributed by atoms with Crippen LogP contribution in [-0.2, 0) is 30.4 Å². The maximum absolute atomic E-state index is 12.3. The van der Waals surface area contributed by atoms with Crippen LogP contribution in [0, 0.1) is 0 Å². The van der Waals surface area contributed by atoms with Crippen molar-refractivity contribution in [1.82, 2.24) is 0 Å². The van der Waals surface area contributed by atoms with Crippen molar-refractivity contribution >= 4 is 163 Å². The summed E-state index contributed by atoms with van der Waals surface area (Å²) in [4.78, 5) is -1.93. The van der Waals surface area contributed by atoms with Crippen LogP contribution in [0.4, 0.5) is 22.7 Å². The fourth-order valence-electron chi connectivity index (χ4n) is 5.48. The first kappa shape index (κ1) is 48.3. The van der Waals surface area contributed by atoms with Crippen molar-refractivity contribution in [1.29, 1.82) is 0 Å². The van der Waals surface area contributed by atoms with Crippen LogP contribution in [0.2, 0.25) is 0 Å². The quantitative estimate of drug-likeness (QED) is 0.0558. The molecule has 0 unspecified atom stereocenters. The van der Waals surface area contributed by atoms with E-state index < -0.39 is 56.5 Å². The standard InChI is InChI=1S/C34H26N4O13S3.3Na/c1-50-28-14-18(7-11-25(28)35-37-27-17-30(53(44,45)46)23-5-3-4-6-24(23)33(27)39)19-8-12-26(29(15-19)51-2)36-38-32-31(54(47,48)49)16-20-13-21(52(41,42)43)9-10-22(20)34(32)40;;;/h3-17,39-40H,1-2H3,(H,41,42,43)(H,44,45,46)(H,47,48,49);;;. The van der Waals surface area contributed by atoms with E-state index in [1.54, 1.807) is 36.4 Å². The van der Waals surface area contributed by atoms with E-state index in [-0.39, 0.29) is 145 Å². The van der Waals surface area contributed by atoms with E-state index in [1.807, 2.05) is 0 Å². The summed E-state index contributed by atoms with van der Waals surface area (Å²) in [5.41, 5.74) is 0.531. The van der Waals surface area contributed by atoms with Crippen molar-refractivity contribution in [2.45, 2.75) is 14.7 Å². The Morgan fingerprint density at radius 1 is 0.491 bits per heavy atom. The second kappa shape index (κ2) is 18.9. The topological polar surface area (TPSA) is 271 Å². The van der Waals surface area contributed by atoms with Gasteiger partial charge < -0.3 is 19.7 Å². The molecule has 0 aliphatic heterocycles. The van der Waals surface area contributed by atoms with Gasteiger partial charge >= 0.3 is 0 Å². The monoisotopic (exact) mass is 863 g/mol. The molecule has 0 saturated carbocycles. The van der Waals surface area contributed by atoms with Gasteiger partial charge in [-0.15, -0.1) is 20.5 Å². The number of rotatable bonds is 10. The number of azo groups is 2. The van der Waals surface area contributed by atoms with Gasteiger partial charge in [-0.1, -0.05) is 36.4 Å². The fraction of sp³-hybridized carbons (Fsp3) is 0.0588. The van der Waals surface area contributed by atoms with Crippen LogP contribution in [0.5, 0.6) is 23.0 Å². The number of hydrogen-bond acceptors (Lipinski definition) is 14. The molecule has 281 valence electrons. The van der Waals surface area contributed by atoms with Gasteiger partial charge in [0, 0.05) is 105 Å². The Morgan fingerprint density at radius 3 is 1.51 bits per heavy atom. The number of fused-ring (bicyclic) bond motifs is 2. The maximum Gasteiger partial charge on any atom is 0.296 e. The van der Waals surface area contributed by atoms with E-state index in [0.29, 0.717) is 11.1 Å². The van der Waals surface area contributed by atoms with E-state index in [2.05, 4.69) is 20.5 Å². The summed E-state index contributed by atoms with van der Waals surface area (Å²) in [5.74, 6) is -0.740. The van der Waals surface area contributed by atoms with Crippen LogP contribution >= 0.6 is 0 Å². The molecule has 3 radical (unpaired) electrons. The van der Waals surface area contributed by atoms with Crippen LogP contribution in [0.1, 0.15) is 0 Å². The summed E-state index contributed by atoms with van der Waals surface area (Å²) in [6.07, 6.45) is 0. The minimum atomic E-state index is -5.04. The van der Waals surface area contributed by atoms with Gasteiger partial charge in [0.15, 0.2) is 11.5 Å². The molecule has 6 rings (SSSR count).